The fraction of sp³-hybridized carbons (Fsp3) is 0.176. The van der Waals surface area contributed by atoms with Gasteiger partial charge in [0, 0.05) is 0 Å². The van der Waals surface area contributed by atoms with Crippen molar-refractivity contribution in [2.24, 2.45) is 0 Å². The van der Waals surface area contributed by atoms with E-state index in [0.29, 0.717) is 6.61 Å². The van der Waals surface area contributed by atoms with Crippen molar-refractivity contribution >= 4 is 0 Å². The van der Waals surface area contributed by atoms with Gasteiger partial charge >= 0.3 is 0 Å². The molecule has 1 heteroatoms. The van der Waals surface area contributed by atoms with E-state index in [1.54, 1.807) is 0 Å². The first-order chi connectivity index (χ1) is 8.81. The zero-order chi connectivity index (χ0) is 12.8. The molecule has 0 heterocycles. The molecule has 2 aromatic rings. The monoisotopic (exact) mass is 238 g/mol. The van der Waals surface area contributed by atoms with Crippen molar-refractivity contribution in [3.05, 3.63) is 83.9 Å². The number of rotatable bonds is 5. The number of ether oxygens (including phenoxy) is 1. The Kier molecular flexibility index (Phi) is 4.32. The summed E-state index contributed by atoms with van der Waals surface area (Å²) in [5, 5.41) is 0. The Morgan fingerprint density at radius 2 is 1.72 bits per heavy atom. The maximum atomic E-state index is 5.93. The summed E-state index contributed by atoms with van der Waals surface area (Å²) in [6.45, 7) is 6.56. The summed E-state index contributed by atoms with van der Waals surface area (Å²) in [5.74, 6) is 0. The van der Waals surface area contributed by atoms with Gasteiger partial charge in [-0.15, -0.1) is 6.58 Å². The highest BCUT2D eigenvalue weighted by Crippen LogP contribution is 2.20. The van der Waals surface area contributed by atoms with Crippen LogP contribution in [0, 0.1) is 6.92 Å². The molecule has 0 aliphatic heterocycles. The Morgan fingerprint density at radius 1 is 1.06 bits per heavy atom. The average molecular weight is 238 g/mol. The zero-order valence-corrected chi connectivity index (χ0v) is 10.7. The molecular weight excluding hydrogens is 220 g/mol. The molecular formula is C17H18O. The van der Waals surface area contributed by atoms with E-state index in [0.717, 1.165) is 5.56 Å². The minimum Gasteiger partial charge on any atom is -0.365 e. The highest BCUT2D eigenvalue weighted by atomic mass is 16.5. The van der Waals surface area contributed by atoms with Gasteiger partial charge in [-0.2, -0.15) is 0 Å². The van der Waals surface area contributed by atoms with Crippen LogP contribution in [0.25, 0.3) is 0 Å². The fourth-order valence-electron chi connectivity index (χ4n) is 1.89. The highest BCUT2D eigenvalue weighted by Gasteiger charge is 2.07. The molecule has 1 nitrogen and oxygen atoms in total. The van der Waals surface area contributed by atoms with E-state index in [2.05, 4.69) is 37.8 Å². The van der Waals surface area contributed by atoms with Gasteiger partial charge in [0.15, 0.2) is 0 Å². The first kappa shape index (κ1) is 12.6. The lowest BCUT2D eigenvalue weighted by Gasteiger charge is -2.15. The molecule has 92 valence electrons. The molecule has 0 bridgehead atoms. The van der Waals surface area contributed by atoms with Crippen molar-refractivity contribution in [3.8, 4) is 0 Å². The molecule has 0 aromatic heterocycles. The predicted octanol–water partition coefficient (Wildman–Crippen LogP) is 4.44. The van der Waals surface area contributed by atoms with E-state index >= 15 is 0 Å². The summed E-state index contributed by atoms with van der Waals surface area (Å²) >= 11 is 0. The predicted molar refractivity (Wildman–Crippen MR) is 75.3 cm³/mol. The molecule has 0 spiro atoms. The summed E-state index contributed by atoms with van der Waals surface area (Å²) in [5.41, 5.74) is 3.62. The number of hydrogen-bond acceptors (Lipinski definition) is 1. The Hall–Kier alpha value is -1.86. The van der Waals surface area contributed by atoms with Crippen LogP contribution in [-0.2, 0) is 11.3 Å². The van der Waals surface area contributed by atoms with Crippen LogP contribution < -0.4 is 0 Å². The molecule has 0 amide bonds. The van der Waals surface area contributed by atoms with Crippen LogP contribution in [0.1, 0.15) is 22.8 Å². The smallest absolute Gasteiger partial charge is 0.101 e. The Balaban J connectivity index is 2.05. The molecule has 0 N–H and O–H groups in total. The SMILES string of the molecule is C=C[C@@H](OCc1ccccc1C)c1ccccc1. The highest BCUT2D eigenvalue weighted by molar-refractivity contribution is 5.25. The van der Waals surface area contributed by atoms with Crippen LogP contribution in [-0.4, -0.2) is 0 Å². The van der Waals surface area contributed by atoms with Crippen LogP contribution in [0.4, 0.5) is 0 Å². The number of hydrogen-bond donors (Lipinski definition) is 0. The van der Waals surface area contributed by atoms with Gasteiger partial charge in [0.1, 0.15) is 6.10 Å². The molecule has 0 saturated heterocycles. The number of benzene rings is 2. The molecule has 0 aliphatic rings. The van der Waals surface area contributed by atoms with E-state index in [1.807, 2.05) is 36.4 Å². The van der Waals surface area contributed by atoms with E-state index in [1.165, 1.54) is 11.1 Å². The molecule has 0 radical (unpaired) electrons. The summed E-state index contributed by atoms with van der Waals surface area (Å²) < 4.78 is 5.93. The van der Waals surface area contributed by atoms with Gasteiger partial charge in [-0.1, -0.05) is 60.7 Å². The van der Waals surface area contributed by atoms with Gasteiger partial charge in [0.05, 0.1) is 6.61 Å². The maximum Gasteiger partial charge on any atom is 0.101 e. The summed E-state index contributed by atoms with van der Waals surface area (Å²) in [7, 11) is 0. The Labute approximate surface area is 109 Å². The Bertz CT molecular complexity index is 502. The first-order valence-electron chi connectivity index (χ1n) is 6.15. The third-order valence-electron chi connectivity index (χ3n) is 3.02. The summed E-state index contributed by atoms with van der Waals surface area (Å²) in [4.78, 5) is 0. The van der Waals surface area contributed by atoms with Crippen LogP contribution in [0.5, 0.6) is 0 Å². The van der Waals surface area contributed by atoms with E-state index in [-0.39, 0.29) is 6.10 Å². The van der Waals surface area contributed by atoms with Crippen LogP contribution >= 0.6 is 0 Å². The molecule has 18 heavy (non-hydrogen) atoms. The molecule has 0 unspecified atom stereocenters. The fourth-order valence-corrected chi connectivity index (χ4v) is 1.89. The standard InChI is InChI=1S/C17H18O/c1-3-17(15-10-5-4-6-11-15)18-13-16-12-8-7-9-14(16)2/h3-12,17H,1,13H2,2H3/t17-/m1/s1. The van der Waals surface area contributed by atoms with Gasteiger partial charge in [-0.05, 0) is 23.6 Å². The quantitative estimate of drug-likeness (QED) is 0.700. The lowest BCUT2D eigenvalue weighted by Crippen LogP contribution is -2.02. The van der Waals surface area contributed by atoms with Gasteiger partial charge in [-0.25, -0.2) is 0 Å². The molecule has 0 fully saturated rings. The third kappa shape index (κ3) is 3.08. The zero-order valence-electron chi connectivity index (χ0n) is 10.7. The van der Waals surface area contributed by atoms with E-state index < -0.39 is 0 Å². The minimum absolute atomic E-state index is 0.0502. The topological polar surface area (TPSA) is 9.23 Å². The maximum absolute atomic E-state index is 5.93. The van der Waals surface area contributed by atoms with Crippen molar-refractivity contribution in [3.63, 3.8) is 0 Å². The molecule has 1 atom stereocenters. The minimum atomic E-state index is -0.0502. The van der Waals surface area contributed by atoms with Gasteiger partial charge in [-0.3, -0.25) is 0 Å². The van der Waals surface area contributed by atoms with Crippen LogP contribution in [0.2, 0.25) is 0 Å². The third-order valence-corrected chi connectivity index (χ3v) is 3.02. The van der Waals surface area contributed by atoms with Crippen molar-refractivity contribution in [1.82, 2.24) is 0 Å². The lowest BCUT2D eigenvalue weighted by molar-refractivity contribution is 0.0717. The van der Waals surface area contributed by atoms with Crippen molar-refractivity contribution < 1.29 is 4.74 Å². The van der Waals surface area contributed by atoms with Crippen molar-refractivity contribution in [1.29, 1.82) is 0 Å². The molecule has 2 rings (SSSR count). The largest absolute Gasteiger partial charge is 0.365 e. The van der Waals surface area contributed by atoms with Crippen LogP contribution in [0.15, 0.2) is 67.3 Å². The number of aryl methyl sites for hydroxylation is 1. The van der Waals surface area contributed by atoms with Gasteiger partial charge in [0.2, 0.25) is 0 Å². The lowest BCUT2D eigenvalue weighted by atomic mass is 10.1. The second kappa shape index (κ2) is 6.18. The van der Waals surface area contributed by atoms with E-state index in [4.69, 9.17) is 4.74 Å². The second-order valence-corrected chi connectivity index (χ2v) is 4.30. The summed E-state index contributed by atoms with van der Waals surface area (Å²) in [6.07, 6.45) is 1.79. The first-order valence-corrected chi connectivity index (χ1v) is 6.15. The van der Waals surface area contributed by atoms with Crippen molar-refractivity contribution in [2.45, 2.75) is 19.6 Å². The molecule has 0 saturated carbocycles. The second-order valence-electron chi connectivity index (χ2n) is 4.30. The molecule has 2 aromatic carbocycles. The van der Waals surface area contributed by atoms with Crippen LogP contribution in [0.3, 0.4) is 0 Å². The molecule has 0 aliphatic carbocycles. The Morgan fingerprint density at radius 3 is 2.39 bits per heavy atom. The normalized spacial score (nSPS) is 12.1. The van der Waals surface area contributed by atoms with Crippen molar-refractivity contribution in [2.75, 3.05) is 0 Å². The van der Waals surface area contributed by atoms with Gasteiger partial charge in [0.25, 0.3) is 0 Å². The van der Waals surface area contributed by atoms with E-state index in [9.17, 15) is 0 Å². The average Bonchev–Trinajstić information content (AvgIpc) is 2.42. The van der Waals surface area contributed by atoms with Gasteiger partial charge < -0.3 is 4.74 Å². The summed E-state index contributed by atoms with van der Waals surface area (Å²) in [6, 6.07) is 18.4.